The van der Waals surface area contributed by atoms with Crippen molar-refractivity contribution in [2.45, 2.75) is 0 Å². The van der Waals surface area contributed by atoms with Gasteiger partial charge in [0.2, 0.25) is 5.95 Å². The first-order chi connectivity index (χ1) is 6.33. The van der Waals surface area contributed by atoms with E-state index in [1.807, 2.05) is 0 Å². The Kier molecular flexibility index (Phi) is 3.44. The predicted molar refractivity (Wildman–Crippen MR) is 46.8 cm³/mol. The van der Waals surface area contributed by atoms with Gasteiger partial charge in [-0.1, -0.05) is 0 Å². The van der Waals surface area contributed by atoms with Crippen LogP contribution in [0.5, 0.6) is 0 Å². The third kappa shape index (κ3) is 3.33. The highest BCUT2D eigenvalue weighted by molar-refractivity contribution is 5.82. The maximum Gasteiger partial charge on any atom is 0.331 e. The van der Waals surface area contributed by atoms with Crippen LogP contribution in [0.1, 0.15) is 0 Å². The van der Waals surface area contributed by atoms with Gasteiger partial charge in [0.15, 0.2) is 0 Å². The molecule has 0 bridgehead atoms. The second-order valence-corrected chi connectivity index (χ2v) is 2.07. The maximum absolute atomic E-state index is 10.6. The normalized spacial score (nSPS) is 9.92. The van der Waals surface area contributed by atoms with Crippen LogP contribution in [0.3, 0.4) is 0 Å². The van der Waals surface area contributed by atoms with Crippen molar-refractivity contribution in [3.05, 3.63) is 30.7 Å². The number of methoxy groups -OCH3 is 1. The Hall–Kier alpha value is -1.91. The molecular formula is C8H9N3O2. The Morgan fingerprint density at radius 3 is 2.85 bits per heavy atom. The Morgan fingerprint density at radius 1 is 1.54 bits per heavy atom. The second kappa shape index (κ2) is 4.87. The van der Waals surface area contributed by atoms with Gasteiger partial charge in [-0.2, -0.15) is 0 Å². The summed E-state index contributed by atoms with van der Waals surface area (Å²) in [7, 11) is 1.31. The molecule has 0 fully saturated rings. The fraction of sp³-hybridized carbons (Fsp3) is 0.125. The summed E-state index contributed by atoms with van der Waals surface area (Å²) >= 11 is 0. The smallest absolute Gasteiger partial charge is 0.331 e. The van der Waals surface area contributed by atoms with Gasteiger partial charge in [0.05, 0.1) is 7.11 Å². The van der Waals surface area contributed by atoms with Gasteiger partial charge in [-0.15, -0.1) is 0 Å². The van der Waals surface area contributed by atoms with Crippen molar-refractivity contribution in [2.24, 2.45) is 0 Å². The van der Waals surface area contributed by atoms with E-state index in [-0.39, 0.29) is 0 Å². The van der Waals surface area contributed by atoms with Crippen LogP contribution in [0.2, 0.25) is 0 Å². The van der Waals surface area contributed by atoms with Gasteiger partial charge in [-0.05, 0) is 6.07 Å². The van der Waals surface area contributed by atoms with E-state index >= 15 is 0 Å². The number of nitrogens with zero attached hydrogens (tertiary/aromatic N) is 2. The molecule has 0 aliphatic rings. The maximum atomic E-state index is 10.6. The summed E-state index contributed by atoms with van der Waals surface area (Å²) in [5, 5.41) is 2.71. The fourth-order valence-corrected chi connectivity index (χ4v) is 0.626. The van der Waals surface area contributed by atoms with E-state index in [1.165, 1.54) is 19.4 Å². The molecule has 0 radical (unpaired) electrons. The summed E-state index contributed by atoms with van der Waals surface area (Å²) in [6.45, 7) is 0. The SMILES string of the molecule is COC(=O)/C=C/Nc1ncccn1. The second-order valence-electron chi connectivity index (χ2n) is 2.07. The van der Waals surface area contributed by atoms with Crippen LogP contribution in [0.4, 0.5) is 5.95 Å². The largest absolute Gasteiger partial charge is 0.466 e. The Balaban J connectivity index is 2.44. The number of ether oxygens (including phenoxy) is 1. The zero-order valence-electron chi connectivity index (χ0n) is 7.10. The van der Waals surface area contributed by atoms with Crippen molar-refractivity contribution >= 4 is 11.9 Å². The minimum absolute atomic E-state index is 0.427. The monoisotopic (exact) mass is 179 g/mol. The van der Waals surface area contributed by atoms with Crippen molar-refractivity contribution in [3.8, 4) is 0 Å². The third-order valence-corrected chi connectivity index (χ3v) is 1.20. The summed E-state index contributed by atoms with van der Waals surface area (Å²) in [5.74, 6) is 0.00563. The Bertz CT molecular complexity index is 298. The van der Waals surface area contributed by atoms with Crippen molar-refractivity contribution in [2.75, 3.05) is 12.4 Å². The predicted octanol–water partition coefficient (Wildman–Crippen LogP) is 0.575. The van der Waals surface area contributed by atoms with Gasteiger partial charge in [0, 0.05) is 24.7 Å². The van der Waals surface area contributed by atoms with E-state index < -0.39 is 5.97 Å². The van der Waals surface area contributed by atoms with E-state index in [0.29, 0.717) is 5.95 Å². The zero-order chi connectivity index (χ0) is 9.52. The van der Waals surface area contributed by atoms with Crippen molar-refractivity contribution in [1.29, 1.82) is 0 Å². The van der Waals surface area contributed by atoms with Gasteiger partial charge >= 0.3 is 5.97 Å². The quantitative estimate of drug-likeness (QED) is 0.543. The first-order valence-electron chi connectivity index (χ1n) is 3.61. The van der Waals surface area contributed by atoms with Crippen LogP contribution >= 0.6 is 0 Å². The lowest BCUT2D eigenvalue weighted by molar-refractivity contribution is -0.134. The molecule has 1 aromatic rings. The molecule has 1 heterocycles. The van der Waals surface area contributed by atoms with Crippen LogP contribution in [-0.2, 0) is 9.53 Å². The summed E-state index contributed by atoms with van der Waals surface area (Å²) in [5.41, 5.74) is 0. The molecule has 0 aromatic carbocycles. The van der Waals surface area contributed by atoms with Crippen LogP contribution in [0.15, 0.2) is 30.7 Å². The van der Waals surface area contributed by atoms with Crippen molar-refractivity contribution in [1.82, 2.24) is 9.97 Å². The highest BCUT2D eigenvalue weighted by atomic mass is 16.5. The lowest BCUT2D eigenvalue weighted by atomic mass is 10.6. The highest BCUT2D eigenvalue weighted by Crippen LogP contribution is 1.92. The number of esters is 1. The number of anilines is 1. The topological polar surface area (TPSA) is 64.1 Å². The summed E-state index contributed by atoms with van der Waals surface area (Å²) in [4.78, 5) is 18.4. The number of carbonyl (C=O) groups is 1. The molecule has 5 nitrogen and oxygen atoms in total. The molecule has 0 amide bonds. The average molecular weight is 179 g/mol. The number of carbonyl (C=O) groups excluding carboxylic acids is 1. The van der Waals surface area contributed by atoms with Gasteiger partial charge in [0.25, 0.3) is 0 Å². The van der Waals surface area contributed by atoms with Crippen LogP contribution in [0, 0.1) is 0 Å². The first-order valence-corrected chi connectivity index (χ1v) is 3.61. The molecule has 0 aliphatic carbocycles. The molecule has 0 aliphatic heterocycles. The molecule has 0 saturated carbocycles. The molecule has 0 atom stereocenters. The van der Waals surface area contributed by atoms with Gasteiger partial charge in [-0.3, -0.25) is 0 Å². The molecule has 68 valence electrons. The zero-order valence-corrected chi connectivity index (χ0v) is 7.10. The van der Waals surface area contributed by atoms with Crippen LogP contribution in [-0.4, -0.2) is 23.0 Å². The number of hydrogen-bond acceptors (Lipinski definition) is 5. The molecule has 1 rings (SSSR count). The van der Waals surface area contributed by atoms with E-state index in [9.17, 15) is 4.79 Å². The van der Waals surface area contributed by atoms with Crippen LogP contribution < -0.4 is 5.32 Å². The number of rotatable bonds is 3. The third-order valence-electron chi connectivity index (χ3n) is 1.20. The molecular weight excluding hydrogens is 170 g/mol. The minimum Gasteiger partial charge on any atom is -0.466 e. The first kappa shape index (κ1) is 9.18. The Morgan fingerprint density at radius 2 is 2.23 bits per heavy atom. The molecule has 5 heteroatoms. The van der Waals surface area contributed by atoms with Crippen LogP contribution in [0.25, 0.3) is 0 Å². The minimum atomic E-state index is -0.427. The van der Waals surface area contributed by atoms with E-state index in [4.69, 9.17) is 0 Å². The molecule has 1 aromatic heterocycles. The average Bonchev–Trinajstić information content (AvgIpc) is 2.19. The molecule has 0 saturated heterocycles. The van der Waals surface area contributed by atoms with E-state index in [1.54, 1.807) is 18.5 Å². The van der Waals surface area contributed by atoms with Gasteiger partial charge in [-0.25, -0.2) is 14.8 Å². The molecule has 0 spiro atoms. The van der Waals surface area contributed by atoms with Crippen molar-refractivity contribution < 1.29 is 9.53 Å². The Labute approximate surface area is 75.5 Å². The lowest BCUT2D eigenvalue weighted by Gasteiger charge is -1.95. The van der Waals surface area contributed by atoms with Crippen molar-refractivity contribution in [3.63, 3.8) is 0 Å². The highest BCUT2D eigenvalue weighted by Gasteiger charge is 1.90. The van der Waals surface area contributed by atoms with E-state index in [2.05, 4.69) is 20.0 Å². The summed E-state index contributed by atoms with van der Waals surface area (Å²) in [6, 6.07) is 1.70. The number of hydrogen-bond donors (Lipinski definition) is 1. The summed E-state index contributed by atoms with van der Waals surface area (Å²) < 4.78 is 4.38. The van der Waals surface area contributed by atoms with Gasteiger partial charge < -0.3 is 10.1 Å². The molecule has 0 unspecified atom stereocenters. The van der Waals surface area contributed by atoms with Gasteiger partial charge in [0.1, 0.15) is 0 Å². The summed E-state index contributed by atoms with van der Waals surface area (Å²) in [6.07, 6.45) is 5.86. The van der Waals surface area contributed by atoms with E-state index in [0.717, 1.165) is 0 Å². The lowest BCUT2D eigenvalue weighted by Crippen LogP contribution is -1.98. The molecule has 13 heavy (non-hydrogen) atoms. The fourth-order valence-electron chi connectivity index (χ4n) is 0.626. The molecule has 1 N–H and O–H groups in total. The number of nitrogens with one attached hydrogen (secondary N) is 1. The number of aromatic nitrogens is 2. The standard InChI is InChI=1S/C8H9N3O2/c1-13-7(12)3-6-11-8-9-4-2-5-10-8/h2-6H,1H3,(H,9,10,11)/b6-3+.